The van der Waals surface area contributed by atoms with Gasteiger partial charge in [-0.25, -0.2) is 9.59 Å². The van der Waals surface area contributed by atoms with Gasteiger partial charge < -0.3 is 28.9 Å². The Morgan fingerprint density at radius 1 is 1.09 bits per heavy atom. The molecule has 0 radical (unpaired) electrons. The summed E-state index contributed by atoms with van der Waals surface area (Å²) >= 11 is 0. The molecule has 2 fully saturated rings. The van der Waals surface area contributed by atoms with Gasteiger partial charge in [-0.1, -0.05) is 20.3 Å². The number of amides is 1. The lowest BCUT2D eigenvalue weighted by Gasteiger charge is -2.39. The topological polar surface area (TPSA) is 114 Å². The summed E-state index contributed by atoms with van der Waals surface area (Å²) in [6, 6.07) is 7.68. The lowest BCUT2D eigenvalue weighted by molar-refractivity contribution is -0.172. The van der Waals surface area contributed by atoms with Crippen molar-refractivity contribution in [1.29, 1.82) is 0 Å². The Kier molecular flexibility index (Phi) is 8.24. The summed E-state index contributed by atoms with van der Waals surface area (Å²) in [5.74, 6) is -0.263. The summed E-state index contributed by atoms with van der Waals surface area (Å²) in [5.41, 5.74) is 1.10. The van der Waals surface area contributed by atoms with Crippen LogP contribution >= 0.6 is 0 Å². The van der Waals surface area contributed by atoms with E-state index in [0.717, 1.165) is 34.9 Å². The molecule has 1 aromatic carbocycles. The zero-order valence-corrected chi connectivity index (χ0v) is 25.0. The minimum atomic E-state index is -1.82. The van der Waals surface area contributed by atoms with Crippen LogP contribution < -0.4 is 10.3 Å². The number of likely N-dealkylation sites (tertiary alicyclic amines) is 2. The Morgan fingerprint density at radius 2 is 1.86 bits per heavy atom. The molecule has 10 heteroatoms. The molecule has 1 N–H and O–H groups in total. The van der Waals surface area contributed by atoms with E-state index in [9.17, 15) is 19.5 Å². The second kappa shape index (κ2) is 12.1. The van der Waals surface area contributed by atoms with E-state index in [0.29, 0.717) is 36.9 Å². The molecule has 0 saturated carbocycles. The number of piperidine rings is 2. The summed E-state index contributed by atoms with van der Waals surface area (Å²) in [7, 11) is 0. The Hall–Kier alpha value is -3.76. The van der Waals surface area contributed by atoms with E-state index in [2.05, 4.69) is 9.88 Å². The molecule has 3 aromatic rings. The van der Waals surface area contributed by atoms with Crippen molar-refractivity contribution in [3.05, 3.63) is 69.3 Å². The zero-order chi connectivity index (χ0) is 30.1. The summed E-state index contributed by atoms with van der Waals surface area (Å²) in [6.45, 7) is 7.54. The highest BCUT2D eigenvalue weighted by Gasteiger charge is 2.44. The highest BCUT2D eigenvalue weighted by molar-refractivity contribution is 5.85. The molecule has 10 nitrogen and oxygen atoms in total. The van der Waals surface area contributed by atoms with Crippen LogP contribution in [0.25, 0.3) is 10.9 Å². The number of fused-ring (bicyclic) bond motifs is 2. The number of aliphatic hydroxyl groups is 1. The largest absolute Gasteiger partial charge is 0.458 e. The van der Waals surface area contributed by atoms with Gasteiger partial charge in [0.1, 0.15) is 12.4 Å². The minimum Gasteiger partial charge on any atom is -0.458 e. The molecule has 3 aliphatic rings. The number of ether oxygens (including phenoxy) is 2. The third-order valence-corrected chi connectivity index (χ3v) is 9.48. The predicted octanol–water partition coefficient (Wildman–Crippen LogP) is 4.11. The van der Waals surface area contributed by atoms with Gasteiger partial charge in [0, 0.05) is 42.5 Å². The number of aryl methyl sites for hydroxylation is 1. The molecule has 0 unspecified atom stereocenters. The Labute approximate surface area is 251 Å². The Morgan fingerprint density at radius 3 is 2.58 bits per heavy atom. The van der Waals surface area contributed by atoms with Crippen LogP contribution in [0.3, 0.4) is 0 Å². The van der Waals surface area contributed by atoms with Gasteiger partial charge in [-0.3, -0.25) is 9.78 Å². The number of pyridine rings is 2. The smallest absolute Gasteiger partial charge is 0.415 e. The molecule has 1 amide bonds. The van der Waals surface area contributed by atoms with Gasteiger partial charge in [-0.05, 0) is 87.0 Å². The van der Waals surface area contributed by atoms with Crippen molar-refractivity contribution in [2.45, 2.75) is 83.6 Å². The molecule has 0 spiro atoms. The molecule has 43 heavy (non-hydrogen) atoms. The molecule has 5 heterocycles. The molecule has 3 aliphatic heterocycles. The van der Waals surface area contributed by atoms with Crippen LogP contribution in [0.5, 0.6) is 5.75 Å². The quantitative estimate of drug-likeness (QED) is 0.428. The molecule has 1 atom stereocenters. The number of benzene rings is 1. The molecule has 2 aromatic heterocycles. The van der Waals surface area contributed by atoms with Gasteiger partial charge in [0.25, 0.3) is 5.56 Å². The average Bonchev–Trinajstić information content (AvgIpc) is 3.04. The lowest BCUT2D eigenvalue weighted by Crippen LogP contribution is -2.48. The average molecular weight is 589 g/mol. The number of cyclic esters (lactones) is 1. The maximum Gasteiger partial charge on any atom is 0.415 e. The van der Waals surface area contributed by atoms with Gasteiger partial charge in [0.05, 0.1) is 17.6 Å². The van der Waals surface area contributed by atoms with E-state index in [-0.39, 0.29) is 36.8 Å². The maximum absolute atomic E-state index is 13.4. The van der Waals surface area contributed by atoms with Crippen LogP contribution in [0.15, 0.2) is 41.5 Å². The van der Waals surface area contributed by atoms with E-state index >= 15 is 0 Å². The first-order valence-corrected chi connectivity index (χ1v) is 15.6. The van der Waals surface area contributed by atoms with Crippen LogP contribution in [0.4, 0.5) is 4.79 Å². The van der Waals surface area contributed by atoms with Gasteiger partial charge >= 0.3 is 12.1 Å². The van der Waals surface area contributed by atoms with E-state index in [1.807, 2.05) is 19.1 Å². The predicted molar refractivity (Wildman–Crippen MR) is 161 cm³/mol. The van der Waals surface area contributed by atoms with Gasteiger partial charge in [0.2, 0.25) is 0 Å². The number of aromatic nitrogens is 2. The van der Waals surface area contributed by atoms with Crippen LogP contribution in [0.1, 0.15) is 74.6 Å². The molecule has 0 aliphatic carbocycles. The third-order valence-electron chi connectivity index (χ3n) is 9.48. The second-order valence-electron chi connectivity index (χ2n) is 11.9. The number of hydrogen-bond acceptors (Lipinski definition) is 8. The Balaban J connectivity index is 1.20. The molecule has 0 bridgehead atoms. The first-order valence-electron chi connectivity index (χ1n) is 15.6. The highest BCUT2D eigenvalue weighted by atomic mass is 16.6. The fourth-order valence-electron chi connectivity index (χ4n) is 6.91. The van der Waals surface area contributed by atoms with E-state index in [1.165, 1.54) is 32.4 Å². The second-order valence-corrected chi connectivity index (χ2v) is 11.9. The summed E-state index contributed by atoms with van der Waals surface area (Å²) in [6.07, 6.45) is 9.65. The number of nitrogens with zero attached hydrogens (tertiary/aromatic N) is 4. The summed E-state index contributed by atoms with van der Waals surface area (Å²) in [5, 5.41) is 11.7. The van der Waals surface area contributed by atoms with Crippen LogP contribution in [-0.4, -0.2) is 68.7 Å². The van der Waals surface area contributed by atoms with Gasteiger partial charge in [-0.15, -0.1) is 0 Å². The zero-order valence-electron chi connectivity index (χ0n) is 25.0. The standard InChI is InChI=1S/C33H40N4O6/c1-3-25-22(20-37-17-12-28-27(30(37)38)21-42-31(39)33(28,41)4-2)19-34-29-9-8-24(18-26(25)29)43-32(40)36-15-10-23(11-16-36)35-13-6-5-7-14-35/h8-9,12,17-19,23,41H,3-7,10-11,13-16,20-21H2,1-2H3/t33-/m0/s1. The van der Waals surface area contributed by atoms with Crippen LogP contribution in [0, 0.1) is 0 Å². The lowest BCUT2D eigenvalue weighted by atomic mass is 9.87. The first kappa shape index (κ1) is 29.3. The minimum absolute atomic E-state index is 0.112. The van der Waals surface area contributed by atoms with Crippen molar-refractivity contribution >= 4 is 23.0 Å². The van der Waals surface area contributed by atoms with Crippen molar-refractivity contribution in [3.8, 4) is 5.75 Å². The maximum atomic E-state index is 13.4. The fraction of sp³-hybridized carbons (Fsp3) is 0.515. The third kappa shape index (κ3) is 5.54. The fourth-order valence-corrected chi connectivity index (χ4v) is 6.91. The summed E-state index contributed by atoms with van der Waals surface area (Å²) < 4.78 is 12.6. The van der Waals surface area contributed by atoms with Crippen LogP contribution in [-0.2, 0) is 34.7 Å². The monoisotopic (exact) mass is 588 g/mol. The first-order chi connectivity index (χ1) is 20.8. The normalized spacial score (nSPS) is 21.5. The molecule has 2 saturated heterocycles. The molecule has 228 valence electrons. The highest BCUT2D eigenvalue weighted by Crippen LogP contribution is 2.33. The number of rotatable bonds is 6. The van der Waals surface area contributed by atoms with E-state index < -0.39 is 11.6 Å². The van der Waals surface area contributed by atoms with Crippen molar-refractivity contribution < 1.29 is 24.2 Å². The van der Waals surface area contributed by atoms with E-state index in [4.69, 9.17) is 9.47 Å². The number of hydrogen-bond donors (Lipinski definition) is 1. The van der Waals surface area contributed by atoms with Crippen molar-refractivity contribution in [3.63, 3.8) is 0 Å². The van der Waals surface area contributed by atoms with Crippen molar-refractivity contribution in [2.75, 3.05) is 26.2 Å². The molecular formula is C33H40N4O6. The summed E-state index contributed by atoms with van der Waals surface area (Å²) in [4.78, 5) is 47.7. The number of carbonyl (C=O) groups is 2. The van der Waals surface area contributed by atoms with Gasteiger partial charge in [0.15, 0.2) is 5.60 Å². The number of esters is 1. The number of carbonyl (C=O) groups excluding carboxylic acids is 2. The van der Waals surface area contributed by atoms with Crippen molar-refractivity contribution in [1.82, 2.24) is 19.4 Å². The van der Waals surface area contributed by atoms with Crippen LogP contribution in [0.2, 0.25) is 0 Å². The van der Waals surface area contributed by atoms with E-state index in [1.54, 1.807) is 40.9 Å². The van der Waals surface area contributed by atoms with Gasteiger partial charge in [-0.2, -0.15) is 0 Å². The van der Waals surface area contributed by atoms with Crippen molar-refractivity contribution in [2.24, 2.45) is 0 Å². The Bertz CT molecular complexity index is 1590. The molecule has 6 rings (SSSR count). The SMILES string of the molecule is CCc1c(Cn2ccc3c(c2=O)COC(=O)[C@]3(O)CC)cnc2ccc(OC(=O)N3CCC(N4CCCCC4)CC3)cc12. The molecular weight excluding hydrogens is 548 g/mol.